The fourth-order valence-corrected chi connectivity index (χ4v) is 5.80. The van der Waals surface area contributed by atoms with E-state index >= 15 is 0 Å². The smallest absolute Gasteiger partial charge is 0.506 e. The molecule has 0 amide bonds. The van der Waals surface area contributed by atoms with Crippen LogP contribution in [0.25, 0.3) is 89.7 Å². The van der Waals surface area contributed by atoms with Crippen molar-refractivity contribution in [3.63, 3.8) is 0 Å². The molecule has 0 saturated carbocycles. The zero-order valence-electron chi connectivity index (χ0n) is 22.5. The maximum atomic E-state index is 11.1. The van der Waals surface area contributed by atoms with Gasteiger partial charge in [0.05, 0.1) is 10.9 Å². The van der Waals surface area contributed by atoms with Crippen molar-refractivity contribution < 1.29 is 21.9 Å². The van der Waals surface area contributed by atoms with Crippen molar-refractivity contribution >= 4 is 44.1 Å². The van der Waals surface area contributed by atoms with E-state index in [2.05, 4.69) is 9.97 Å². The van der Waals surface area contributed by atoms with E-state index in [1.165, 1.54) is 0 Å². The average molecular weight is 614 g/mol. The van der Waals surface area contributed by atoms with Crippen LogP contribution in [0.15, 0.2) is 84.9 Å². The number of nitriles is 1. The van der Waals surface area contributed by atoms with E-state index in [4.69, 9.17) is 29.9 Å². The van der Waals surface area contributed by atoms with E-state index in [1.54, 1.807) is 12.1 Å². The molecule has 0 unspecified atom stereocenters. The SMILES string of the molecule is N#Cc1ccc2c3nc4nc(nc5[nH]c(nc6nc(nc([nH]3)c2c1O)-c1ccccc1-6)c1ccccc51)-c1ccccc1-4.[Co+2]. The molecule has 2 aliphatic rings. The van der Waals surface area contributed by atoms with Crippen LogP contribution >= 0.6 is 0 Å². The van der Waals surface area contributed by atoms with E-state index < -0.39 is 0 Å². The summed E-state index contributed by atoms with van der Waals surface area (Å²) >= 11 is 0. The van der Waals surface area contributed by atoms with Crippen LogP contribution in [0.2, 0.25) is 0 Å². The summed E-state index contributed by atoms with van der Waals surface area (Å²) in [5.41, 5.74) is 5.38. The van der Waals surface area contributed by atoms with Gasteiger partial charge in [-0.25, -0.2) is 29.9 Å². The molecule has 0 atom stereocenters. The number of hydrogen-bond acceptors (Lipinski definition) is 8. The van der Waals surface area contributed by atoms with E-state index in [0.717, 1.165) is 33.0 Å². The van der Waals surface area contributed by atoms with Gasteiger partial charge in [-0.05, 0) is 12.1 Å². The first-order valence-corrected chi connectivity index (χ1v) is 13.5. The van der Waals surface area contributed by atoms with Gasteiger partial charge in [0.25, 0.3) is 0 Å². The van der Waals surface area contributed by atoms with Gasteiger partial charge in [-0.15, -0.1) is 0 Å². The van der Waals surface area contributed by atoms with Gasteiger partial charge in [-0.1, -0.05) is 72.8 Å². The largest absolute Gasteiger partial charge is 2.00 e. The van der Waals surface area contributed by atoms with Crippen molar-refractivity contribution in [2.24, 2.45) is 0 Å². The number of aromatic hydroxyl groups is 1. The molecule has 44 heavy (non-hydrogen) atoms. The Morgan fingerprint density at radius 2 is 0.909 bits per heavy atom. The Labute approximate surface area is 258 Å². The summed E-state index contributed by atoms with van der Waals surface area (Å²) < 4.78 is 0. The molecule has 10 nitrogen and oxygen atoms in total. The number of nitrogens with zero attached hydrogens (tertiary/aromatic N) is 7. The number of phenols is 1. The summed E-state index contributed by atoms with van der Waals surface area (Å²) in [5, 5.41) is 23.6. The van der Waals surface area contributed by atoms with Crippen LogP contribution in [0.3, 0.4) is 0 Å². The Morgan fingerprint density at radius 1 is 0.500 bits per heavy atom. The molecular weight excluding hydrogens is 597 g/mol. The molecule has 11 heteroatoms. The van der Waals surface area contributed by atoms with Crippen molar-refractivity contribution in [3.8, 4) is 57.4 Å². The maximum absolute atomic E-state index is 11.1. The third-order valence-corrected chi connectivity index (χ3v) is 7.81. The summed E-state index contributed by atoms with van der Waals surface area (Å²) in [6, 6.07) is 28.8. The number of benzene rings is 4. The summed E-state index contributed by atoms with van der Waals surface area (Å²) in [7, 11) is 0. The van der Waals surface area contributed by atoms with Crippen molar-refractivity contribution in [1.82, 2.24) is 39.9 Å². The second-order valence-electron chi connectivity index (χ2n) is 10.2. The van der Waals surface area contributed by atoms with Gasteiger partial charge in [0.15, 0.2) is 23.3 Å². The van der Waals surface area contributed by atoms with Crippen LogP contribution in [0, 0.1) is 11.3 Å². The molecule has 5 heterocycles. The summed E-state index contributed by atoms with van der Waals surface area (Å²) in [6.45, 7) is 0. The molecule has 0 spiro atoms. The van der Waals surface area contributed by atoms with Crippen molar-refractivity contribution in [1.29, 1.82) is 5.26 Å². The standard InChI is InChI=1S/C33H17N9O.Co/c34-15-16-13-14-23-24(25(16)43)33-41-31-22-12-6-5-11-21(22)29(39-31)37-27-18-8-2-1-7-17(18)26(35-27)36-28-19-9-3-4-10-20(19)30(38-28)40-32(23)42-33;/h1-14,43H,(H2,35,36,37,38,39,40,41,42);/q;+2. The minimum Gasteiger partial charge on any atom is -0.506 e. The normalized spacial score (nSPS) is 11.5. The maximum Gasteiger partial charge on any atom is 2.00 e. The van der Waals surface area contributed by atoms with Gasteiger partial charge >= 0.3 is 16.8 Å². The Bertz CT molecular complexity index is 2560. The number of fused-ring (bicyclic) bond motifs is 20. The van der Waals surface area contributed by atoms with Crippen molar-refractivity contribution in [2.75, 3.05) is 0 Å². The van der Waals surface area contributed by atoms with Crippen LogP contribution < -0.4 is 0 Å². The minimum absolute atomic E-state index is 0. The molecule has 8 bridgehead atoms. The fraction of sp³-hybridized carbons (Fsp3) is 0. The molecule has 2 aliphatic heterocycles. The van der Waals surface area contributed by atoms with Crippen LogP contribution in [-0.4, -0.2) is 45.0 Å². The predicted octanol–water partition coefficient (Wildman–Crippen LogP) is 6.44. The molecule has 207 valence electrons. The number of aromatic nitrogens is 8. The van der Waals surface area contributed by atoms with Crippen molar-refractivity contribution in [2.45, 2.75) is 0 Å². The van der Waals surface area contributed by atoms with Gasteiger partial charge < -0.3 is 15.1 Å². The summed E-state index contributed by atoms with van der Waals surface area (Å²) in [4.78, 5) is 36.1. The van der Waals surface area contributed by atoms with E-state index in [-0.39, 0.29) is 28.1 Å². The zero-order chi connectivity index (χ0) is 28.7. The van der Waals surface area contributed by atoms with Crippen LogP contribution in [0.4, 0.5) is 0 Å². The van der Waals surface area contributed by atoms with E-state index in [9.17, 15) is 10.4 Å². The van der Waals surface area contributed by atoms with Crippen LogP contribution in [-0.2, 0) is 16.8 Å². The van der Waals surface area contributed by atoms with E-state index in [1.807, 2.05) is 78.9 Å². The van der Waals surface area contributed by atoms with Crippen LogP contribution in [0.5, 0.6) is 5.75 Å². The predicted molar refractivity (Wildman–Crippen MR) is 162 cm³/mol. The number of hydrogen-bond donors (Lipinski definition) is 3. The second-order valence-corrected chi connectivity index (χ2v) is 10.2. The Morgan fingerprint density at radius 3 is 1.39 bits per heavy atom. The molecule has 7 aromatic rings. The average Bonchev–Trinajstić information content (AvgIpc) is 3.77. The molecule has 0 saturated heterocycles. The zero-order valence-corrected chi connectivity index (χ0v) is 23.5. The molecule has 0 fully saturated rings. The van der Waals surface area contributed by atoms with Crippen LogP contribution in [0.1, 0.15) is 5.56 Å². The fourth-order valence-electron chi connectivity index (χ4n) is 5.80. The van der Waals surface area contributed by atoms with Gasteiger partial charge in [0.2, 0.25) is 0 Å². The molecule has 0 aliphatic carbocycles. The third-order valence-electron chi connectivity index (χ3n) is 7.81. The molecule has 4 aromatic carbocycles. The second kappa shape index (κ2) is 9.53. The topological polar surface area (TPSA) is 153 Å². The number of rotatable bonds is 0. The number of aromatic amines is 2. The third kappa shape index (κ3) is 3.65. The minimum atomic E-state index is -0.184. The number of H-pyrrole nitrogens is 2. The quantitative estimate of drug-likeness (QED) is 0.176. The van der Waals surface area contributed by atoms with E-state index in [0.29, 0.717) is 56.7 Å². The summed E-state index contributed by atoms with van der Waals surface area (Å²) in [5.74, 6) is 1.69. The molecule has 3 aromatic heterocycles. The number of nitrogens with one attached hydrogen (secondary N) is 2. The molecule has 1 radical (unpaired) electrons. The van der Waals surface area contributed by atoms with Gasteiger partial charge in [-0.2, -0.15) is 5.26 Å². The number of phenolic OH excluding ortho intramolecular Hbond substituents is 1. The summed E-state index contributed by atoms with van der Waals surface area (Å²) in [6.07, 6.45) is 0. The first-order chi connectivity index (χ1) is 21.2. The Balaban J connectivity index is 0.00000289. The Hall–Kier alpha value is -5.96. The molecule has 3 N–H and O–H groups in total. The molecule has 9 rings (SSSR count). The monoisotopic (exact) mass is 614 g/mol. The Kier molecular flexibility index (Phi) is 5.57. The first kappa shape index (κ1) is 25.7. The first-order valence-electron chi connectivity index (χ1n) is 13.5. The van der Waals surface area contributed by atoms with Crippen molar-refractivity contribution in [3.05, 3.63) is 90.5 Å². The molecular formula is C33H17CoN9O+2. The van der Waals surface area contributed by atoms with Gasteiger partial charge in [0, 0.05) is 38.4 Å². The van der Waals surface area contributed by atoms with Gasteiger partial charge in [-0.3, -0.25) is 0 Å². The van der Waals surface area contributed by atoms with Gasteiger partial charge in [0.1, 0.15) is 34.4 Å².